The summed E-state index contributed by atoms with van der Waals surface area (Å²) in [5.74, 6) is 1.63. The third kappa shape index (κ3) is 3.33. The molecule has 1 atom stereocenters. The second-order valence-corrected chi connectivity index (χ2v) is 6.35. The van der Waals surface area contributed by atoms with Gasteiger partial charge in [0.25, 0.3) is 0 Å². The van der Waals surface area contributed by atoms with Gasteiger partial charge in [0, 0.05) is 7.11 Å². The van der Waals surface area contributed by atoms with Crippen LogP contribution in [0.5, 0.6) is 5.75 Å². The van der Waals surface area contributed by atoms with E-state index >= 15 is 0 Å². The second kappa shape index (κ2) is 6.24. The molecule has 116 valence electrons. The maximum absolute atomic E-state index is 6.32. The fraction of sp³-hybridized carbons (Fsp3) is 0.562. The average Bonchev–Trinajstić information content (AvgIpc) is 2.79. The Morgan fingerprint density at radius 1 is 1.38 bits per heavy atom. The zero-order chi connectivity index (χ0) is 15.6. The number of nitrogens with zero attached hydrogens (tertiary/aromatic N) is 2. The lowest BCUT2D eigenvalue weighted by Crippen LogP contribution is -2.29. The van der Waals surface area contributed by atoms with Crippen LogP contribution in [-0.4, -0.2) is 28.9 Å². The van der Waals surface area contributed by atoms with Crippen LogP contribution in [0.3, 0.4) is 0 Å². The molecular formula is C16H23ClN2O2. The van der Waals surface area contributed by atoms with Gasteiger partial charge in [-0.15, -0.1) is 11.6 Å². The number of ether oxygens (including phenoxy) is 2. The van der Waals surface area contributed by atoms with E-state index in [1.807, 2.05) is 45.9 Å². The van der Waals surface area contributed by atoms with Crippen molar-refractivity contribution in [3.8, 4) is 5.75 Å². The van der Waals surface area contributed by atoms with Crippen LogP contribution < -0.4 is 4.74 Å². The lowest BCUT2D eigenvalue weighted by molar-refractivity contribution is 0.00842. The predicted molar refractivity (Wildman–Crippen MR) is 86.3 cm³/mol. The van der Waals surface area contributed by atoms with Crippen LogP contribution in [0.15, 0.2) is 18.2 Å². The van der Waals surface area contributed by atoms with Crippen LogP contribution in [0, 0.1) is 0 Å². The molecule has 21 heavy (non-hydrogen) atoms. The van der Waals surface area contributed by atoms with E-state index in [-0.39, 0.29) is 11.0 Å². The van der Waals surface area contributed by atoms with E-state index in [2.05, 4.69) is 4.57 Å². The Morgan fingerprint density at radius 3 is 2.67 bits per heavy atom. The van der Waals surface area contributed by atoms with Gasteiger partial charge in [-0.1, -0.05) is 6.07 Å². The highest BCUT2D eigenvalue weighted by atomic mass is 35.5. The lowest BCUT2D eigenvalue weighted by Gasteiger charge is -2.25. The molecule has 1 heterocycles. The van der Waals surface area contributed by atoms with Gasteiger partial charge in [-0.3, -0.25) is 0 Å². The number of rotatable bonds is 6. The first-order chi connectivity index (χ1) is 9.89. The van der Waals surface area contributed by atoms with E-state index in [0.29, 0.717) is 13.2 Å². The molecule has 0 saturated carbocycles. The molecule has 2 rings (SSSR count). The number of halogens is 1. The smallest absolute Gasteiger partial charge is 0.147 e. The summed E-state index contributed by atoms with van der Waals surface area (Å²) >= 11 is 6.32. The summed E-state index contributed by atoms with van der Waals surface area (Å²) in [6.45, 7) is 9.29. The zero-order valence-electron chi connectivity index (χ0n) is 13.3. The highest BCUT2D eigenvalue weighted by Crippen LogP contribution is 2.31. The molecule has 0 saturated heterocycles. The van der Waals surface area contributed by atoms with E-state index in [1.54, 1.807) is 7.11 Å². The van der Waals surface area contributed by atoms with Crippen LogP contribution in [0.1, 0.15) is 38.9 Å². The van der Waals surface area contributed by atoms with Gasteiger partial charge >= 0.3 is 0 Å². The fourth-order valence-corrected chi connectivity index (χ4v) is 2.49. The molecule has 1 aromatic carbocycles. The Morgan fingerprint density at radius 2 is 2.10 bits per heavy atom. The number of aromatic nitrogens is 2. The van der Waals surface area contributed by atoms with Gasteiger partial charge in [0.15, 0.2) is 0 Å². The van der Waals surface area contributed by atoms with Crippen molar-refractivity contribution < 1.29 is 9.47 Å². The summed E-state index contributed by atoms with van der Waals surface area (Å²) in [5.41, 5.74) is 1.58. The minimum atomic E-state index is -0.296. The first kappa shape index (κ1) is 16.1. The maximum Gasteiger partial charge on any atom is 0.147 e. The first-order valence-electron chi connectivity index (χ1n) is 7.20. The van der Waals surface area contributed by atoms with Crippen LogP contribution >= 0.6 is 11.6 Å². The predicted octanol–water partition coefficient (Wildman–Crippen LogP) is 4.16. The third-order valence-electron chi connectivity index (χ3n) is 3.52. The Bertz CT molecular complexity index is 620. The fourth-order valence-electron chi connectivity index (χ4n) is 2.33. The van der Waals surface area contributed by atoms with Gasteiger partial charge in [-0.25, -0.2) is 4.98 Å². The van der Waals surface area contributed by atoms with Crippen molar-refractivity contribution in [3.63, 3.8) is 0 Å². The van der Waals surface area contributed by atoms with Gasteiger partial charge in [-0.05, 0) is 39.8 Å². The number of methoxy groups -OCH3 is 1. The Hall–Kier alpha value is -1.26. The molecule has 5 heteroatoms. The Kier molecular flexibility index (Phi) is 4.79. The van der Waals surface area contributed by atoms with Crippen LogP contribution in [-0.2, 0) is 11.3 Å². The molecule has 0 amide bonds. The molecule has 1 unspecified atom stereocenters. The molecule has 0 aliphatic carbocycles. The van der Waals surface area contributed by atoms with Crippen molar-refractivity contribution in [2.45, 2.75) is 45.2 Å². The van der Waals surface area contributed by atoms with Gasteiger partial charge in [0.1, 0.15) is 17.1 Å². The van der Waals surface area contributed by atoms with Gasteiger partial charge in [-0.2, -0.15) is 0 Å². The summed E-state index contributed by atoms with van der Waals surface area (Å²) in [6.07, 6.45) is 0. The Labute approximate surface area is 131 Å². The van der Waals surface area contributed by atoms with Crippen LogP contribution in [0.4, 0.5) is 0 Å². The summed E-state index contributed by atoms with van der Waals surface area (Å²) in [6, 6.07) is 5.96. The van der Waals surface area contributed by atoms with E-state index in [9.17, 15) is 0 Å². The van der Waals surface area contributed by atoms with Crippen molar-refractivity contribution in [2.24, 2.45) is 0 Å². The molecule has 0 aliphatic rings. The molecule has 4 nitrogen and oxygen atoms in total. The first-order valence-corrected chi connectivity index (χ1v) is 7.64. The monoisotopic (exact) mass is 310 g/mol. The standard InChI is InChI=1S/C16H23ClN2O2/c1-6-21-13-9-7-8-12-14(13)18-15(11(2)17)19(12)10-16(3,4)20-5/h7-9,11H,6,10H2,1-5H3. The normalized spacial score (nSPS) is 13.6. The van der Waals surface area contributed by atoms with Crippen LogP contribution in [0.2, 0.25) is 0 Å². The molecule has 1 aromatic heterocycles. The quantitative estimate of drug-likeness (QED) is 0.752. The van der Waals surface area contributed by atoms with E-state index in [4.69, 9.17) is 26.1 Å². The number of alkyl halides is 1. The molecule has 0 radical (unpaired) electrons. The molecular weight excluding hydrogens is 288 g/mol. The van der Waals surface area contributed by atoms with Crippen LogP contribution in [0.25, 0.3) is 11.0 Å². The van der Waals surface area contributed by atoms with E-state index in [1.165, 1.54) is 0 Å². The van der Waals surface area contributed by atoms with Gasteiger partial charge in [0.2, 0.25) is 0 Å². The number of fused-ring (bicyclic) bond motifs is 1. The SMILES string of the molecule is CCOc1cccc2c1nc(C(C)Cl)n2CC(C)(C)OC. The molecule has 0 bridgehead atoms. The highest BCUT2D eigenvalue weighted by Gasteiger charge is 2.24. The number of hydrogen-bond acceptors (Lipinski definition) is 3. The van der Waals surface area contributed by atoms with E-state index < -0.39 is 0 Å². The van der Waals surface area contributed by atoms with Gasteiger partial charge < -0.3 is 14.0 Å². The molecule has 0 N–H and O–H groups in total. The lowest BCUT2D eigenvalue weighted by atomic mass is 10.1. The molecule has 2 aromatic rings. The van der Waals surface area contributed by atoms with Gasteiger partial charge in [0.05, 0.1) is 29.6 Å². The molecule has 0 fully saturated rings. The minimum absolute atomic E-state index is 0.181. The molecule has 0 aliphatic heterocycles. The van der Waals surface area contributed by atoms with Crippen molar-refractivity contribution >= 4 is 22.6 Å². The topological polar surface area (TPSA) is 36.3 Å². The van der Waals surface area contributed by atoms with Crippen molar-refractivity contribution in [1.29, 1.82) is 0 Å². The number of imidazole rings is 1. The second-order valence-electron chi connectivity index (χ2n) is 5.69. The van der Waals surface area contributed by atoms with Crippen molar-refractivity contribution in [3.05, 3.63) is 24.0 Å². The van der Waals surface area contributed by atoms with Crippen molar-refractivity contribution in [2.75, 3.05) is 13.7 Å². The number of para-hydroxylation sites is 1. The summed E-state index contributed by atoms with van der Waals surface area (Å²) in [7, 11) is 1.72. The number of hydrogen-bond donors (Lipinski definition) is 0. The largest absolute Gasteiger partial charge is 0.492 e. The third-order valence-corrected chi connectivity index (χ3v) is 3.71. The van der Waals surface area contributed by atoms with Crippen molar-refractivity contribution in [1.82, 2.24) is 9.55 Å². The molecule has 0 spiro atoms. The zero-order valence-corrected chi connectivity index (χ0v) is 14.1. The van der Waals surface area contributed by atoms with E-state index in [0.717, 1.165) is 22.6 Å². The minimum Gasteiger partial charge on any atom is -0.492 e. The summed E-state index contributed by atoms with van der Waals surface area (Å²) < 4.78 is 13.3. The summed E-state index contributed by atoms with van der Waals surface area (Å²) in [4.78, 5) is 4.70. The average molecular weight is 311 g/mol. The highest BCUT2D eigenvalue weighted by molar-refractivity contribution is 6.20. The number of benzene rings is 1. The summed E-state index contributed by atoms with van der Waals surface area (Å²) in [5, 5.41) is -0.181. The Balaban J connectivity index is 2.61. The maximum atomic E-state index is 6.32.